The van der Waals surface area contributed by atoms with E-state index in [2.05, 4.69) is 42.8 Å². The van der Waals surface area contributed by atoms with Gasteiger partial charge >= 0.3 is 0 Å². The molecule has 1 N–H and O–H groups in total. The van der Waals surface area contributed by atoms with Crippen molar-refractivity contribution in [3.8, 4) is 11.5 Å². The maximum Gasteiger partial charge on any atom is 0.209 e. The number of aromatic nitrogens is 4. The summed E-state index contributed by atoms with van der Waals surface area (Å²) in [4.78, 5) is 0. The van der Waals surface area contributed by atoms with E-state index in [1.54, 1.807) is 23.6 Å². The van der Waals surface area contributed by atoms with Crippen LogP contribution in [0.25, 0.3) is 0 Å². The number of ether oxygens (including phenoxy) is 2. The Morgan fingerprint density at radius 1 is 1.36 bits per heavy atom. The molecule has 0 spiro atoms. The summed E-state index contributed by atoms with van der Waals surface area (Å²) in [6.07, 6.45) is 1.03. The maximum atomic E-state index is 5.60. The minimum atomic E-state index is 0. The number of aryl methyl sites for hydroxylation is 1. The van der Waals surface area contributed by atoms with Crippen LogP contribution in [-0.4, -0.2) is 46.2 Å². The molecule has 140 valence electrons. The zero-order chi connectivity index (χ0) is 17.4. The van der Waals surface area contributed by atoms with Gasteiger partial charge in [-0.15, -0.1) is 17.5 Å². The van der Waals surface area contributed by atoms with Crippen LogP contribution in [0.1, 0.15) is 18.9 Å². The Bertz CT molecular complexity index is 659. The highest BCUT2D eigenvalue weighted by Crippen LogP contribution is 2.36. The second-order valence-corrected chi connectivity index (χ2v) is 6.92. The summed E-state index contributed by atoms with van der Waals surface area (Å²) in [6.45, 7) is 4.25. The number of rotatable bonds is 10. The summed E-state index contributed by atoms with van der Waals surface area (Å²) in [5.74, 6) is 2.46. The summed E-state index contributed by atoms with van der Waals surface area (Å²) in [5.41, 5.74) is 1.15. The molecule has 2 aromatic rings. The van der Waals surface area contributed by atoms with Crippen molar-refractivity contribution in [1.82, 2.24) is 25.5 Å². The van der Waals surface area contributed by atoms with Crippen LogP contribution < -0.4 is 14.8 Å². The van der Waals surface area contributed by atoms with Crippen LogP contribution in [0.15, 0.2) is 21.8 Å². The summed E-state index contributed by atoms with van der Waals surface area (Å²) in [7, 11) is 3.50. The average molecular weight is 453 g/mol. The van der Waals surface area contributed by atoms with Crippen LogP contribution in [0.5, 0.6) is 11.5 Å². The standard InChI is InChI=1S/C15H22BrN5O2S.ClH/c1-4-23-14-12(16)8-11(9-13(14)22-3)10-17-6-5-7-24-15-18-19-20-21(15)2;/h8-9,17H,4-7,10H2,1-3H3;1H. The topological polar surface area (TPSA) is 74.1 Å². The fraction of sp³-hybridized carbons (Fsp3) is 0.533. The maximum absolute atomic E-state index is 5.60. The van der Waals surface area contributed by atoms with Gasteiger partial charge in [0.25, 0.3) is 0 Å². The van der Waals surface area contributed by atoms with Gasteiger partial charge in [0.15, 0.2) is 11.5 Å². The first kappa shape index (κ1) is 22.0. The van der Waals surface area contributed by atoms with Crippen molar-refractivity contribution in [3.05, 3.63) is 22.2 Å². The molecule has 1 aromatic carbocycles. The number of nitrogens with zero attached hydrogens (tertiary/aromatic N) is 4. The number of halogens is 2. The third-order valence-corrected chi connectivity index (χ3v) is 4.90. The number of nitrogens with one attached hydrogen (secondary N) is 1. The summed E-state index contributed by atoms with van der Waals surface area (Å²) >= 11 is 5.20. The van der Waals surface area contributed by atoms with Crippen LogP contribution in [-0.2, 0) is 13.6 Å². The first-order valence-electron chi connectivity index (χ1n) is 7.70. The van der Waals surface area contributed by atoms with Crippen molar-refractivity contribution in [1.29, 1.82) is 0 Å². The second-order valence-electron chi connectivity index (χ2n) is 5.01. The molecule has 10 heteroatoms. The Morgan fingerprint density at radius 2 is 2.16 bits per heavy atom. The molecule has 0 radical (unpaired) electrons. The van der Waals surface area contributed by atoms with Crippen molar-refractivity contribution in [2.75, 3.05) is 26.0 Å². The molecule has 7 nitrogen and oxygen atoms in total. The van der Waals surface area contributed by atoms with Gasteiger partial charge in [0, 0.05) is 19.3 Å². The lowest BCUT2D eigenvalue weighted by molar-refractivity contribution is 0.308. The molecule has 2 rings (SSSR count). The zero-order valence-electron chi connectivity index (χ0n) is 14.5. The van der Waals surface area contributed by atoms with E-state index in [0.717, 1.165) is 52.0 Å². The van der Waals surface area contributed by atoms with E-state index in [-0.39, 0.29) is 12.4 Å². The molecule has 0 unspecified atom stereocenters. The minimum Gasteiger partial charge on any atom is -0.493 e. The molecule has 0 aliphatic carbocycles. The van der Waals surface area contributed by atoms with Gasteiger partial charge < -0.3 is 14.8 Å². The van der Waals surface area contributed by atoms with Crippen LogP contribution in [0.4, 0.5) is 0 Å². The Hall–Kier alpha value is -1.03. The Balaban J connectivity index is 0.00000312. The average Bonchev–Trinajstić information content (AvgIpc) is 2.98. The number of benzene rings is 1. The molecule has 0 saturated carbocycles. The normalized spacial score (nSPS) is 10.4. The molecular formula is C15H23BrClN5O2S. The van der Waals surface area contributed by atoms with Gasteiger partial charge in [-0.3, -0.25) is 0 Å². The molecule has 25 heavy (non-hydrogen) atoms. The largest absolute Gasteiger partial charge is 0.493 e. The lowest BCUT2D eigenvalue weighted by Gasteiger charge is -2.13. The first-order valence-corrected chi connectivity index (χ1v) is 9.48. The Labute approximate surface area is 166 Å². The van der Waals surface area contributed by atoms with E-state index in [0.29, 0.717) is 6.61 Å². The number of hydrogen-bond donors (Lipinski definition) is 1. The van der Waals surface area contributed by atoms with Crippen LogP contribution in [0, 0.1) is 0 Å². The third kappa shape index (κ3) is 6.65. The molecular weight excluding hydrogens is 430 g/mol. The predicted molar refractivity (Wildman–Crippen MR) is 105 cm³/mol. The Morgan fingerprint density at radius 3 is 2.80 bits per heavy atom. The summed E-state index contributed by atoms with van der Waals surface area (Å²) < 4.78 is 13.6. The van der Waals surface area contributed by atoms with Crippen molar-refractivity contribution >= 4 is 40.1 Å². The molecule has 0 amide bonds. The highest BCUT2D eigenvalue weighted by molar-refractivity contribution is 9.10. The van der Waals surface area contributed by atoms with Gasteiger partial charge in [-0.2, -0.15) is 0 Å². The SMILES string of the molecule is CCOc1c(Br)cc(CNCCCSc2nnnn2C)cc1OC.Cl. The van der Waals surface area contributed by atoms with E-state index >= 15 is 0 Å². The predicted octanol–water partition coefficient (Wildman–Crippen LogP) is 3.07. The quantitative estimate of drug-likeness (QED) is 0.438. The lowest BCUT2D eigenvalue weighted by atomic mass is 10.2. The van der Waals surface area contributed by atoms with Crippen molar-refractivity contribution in [2.24, 2.45) is 7.05 Å². The van der Waals surface area contributed by atoms with E-state index < -0.39 is 0 Å². The van der Waals surface area contributed by atoms with Crippen LogP contribution in [0.3, 0.4) is 0 Å². The first-order chi connectivity index (χ1) is 11.7. The van der Waals surface area contributed by atoms with E-state index in [9.17, 15) is 0 Å². The highest BCUT2D eigenvalue weighted by atomic mass is 79.9. The Kier molecular flexibility index (Phi) is 10.2. The van der Waals surface area contributed by atoms with Crippen molar-refractivity contribution in [3.63, 3.8) is 0 Å². The monoisotopic (exact) mass is 451 g/mol. The van der Waals surface area contributed by atoms with E-state index in [1.165, 1.54) is 0 Å². The number of tetrazole rings is 1. The van der Waals surface area contributed by atoms with Gasteiger partial charge in [-0.05, 0) is 63.9 Å². The molecule has 0 bridgehead atoms. The van der Waals surface area contributed by atoms with E-state index in [4.69, 9.17) is 9.47 Å². The minimum absolute atomic E-state index is 0. The fourth-order valence-electron chi connectivity index (χ4n) is 2.10. The molecule has 1 aromatic heterocycles. The van der Waals surface area contributed by atoms with Gasteiger partial charge in [-0.25, -0.2) is 4.68 Å². The van der Waals surface area contributed by atoms with Crippen molar-refractivity contribution < 1.29 is 9.47 Å². The molecule has 0 saturated heterocycles. The van der Waals surface area contributed by atoms with Crippen molar-refractivity contribution in [2.45, 2.75) is 25.0 Å². The molecule has 1 heterocycles. The summed E-state index contributed by atoms with van der Waals surface area (Å²) in [5, 5.41) is 15.7. The zero-order valence-corrected chi connectivity index (χ0v) is 17.7. The van der Waals surface area contributed by atoms with Gasteiger partial charge in [0.05, 0.1) is 18.2 Å². The van der Waals surface area contributed by atoms with Gasteiger partial charge in [0.1, 0.15) is 0 Å². The molecule has 0 atom stereocenters. The van der Waals surface area contributed by atoms with Crippen LogP contribution in [0.2, 0.25) is 0 Å². The number of hydrogen-bond acceptors (Lipinski definition) is 7. The van der Waals surface area contributed by atoms with Gasteiger partial charge in [0.2, 0.25) is 5.16 Å². The lowest BCUT2D eigenvalue weighted by Crippen LogP contribution is -2.15. The highest BCUT2D eigenvalue weighted by Gasteiger charge is 2.11. The smallest absolute Gasteiger partial charge is 0.209 e. The number of thioether (sulfide) groups is 1. The number of methoxy groups -OCH3 is 1. The molecule has 0 fully saturated rings. The molecule has 0 aliphatic rings. The second kappa shape index (κ2) is 11.6. The van der Waals surface area contributed by atoms with Gasteiger partial charge in [-0.1, -0.05) is 11.8 Å². The van der Waals surface area contributed by atoms with E-state index in [1.807, 2.05) is 20.0 Å². The summed E-state index contributed by atoms with van der Waals surface area (Å²) in [6, 6.07) is 4.06. The van der Waals surface area contributed by atoms with Crippen LogP contribution >= 0.6 is 40.1 Å². The fourth-order valence-corrected chi connectivity index (χ4v) is 3.49. The molecule has 0 aliphatic heterocycles. The third-order valence-electron chi connectivity index (χ3n) is 3.22.